The number of rotatable bonds is 5. The van der Waals surface area contributed by atoms with Crippen molar-refractivity contribution in [2.24, 2.45) is 0 Å². The fourth-order valence-electron chi connectivity index (χ4n) is 1.48. The van der Waals surface area contributed by atoms with E-state index in [2.05, 4.69) is 57.0 Å². The van der Waals surface area contributed by atoms with Crippen LogP contribution < -0.4 is 0 Å². The van der Waals surface area contributed by atoms with E-state index in [0.29, 0.717) is 0 Å². The summed E-state index contributed by atoms with van der Waals surface area (Å²) in [6, 6.07) is 10.5. The van der Waals surface area contributed by atoms with Gasteiger partial charge in [-0.1, -0.05) is 30.3 Å². The summed E-state index contributed by atoms with van der Waals surface area (Å²) in [4.78, 5) is 2.28. The fourth-order valence-corrected chi connectivity index (χ4v) is 1.48. The fraction of sp³-hybridized carbons (Fsp3) is 0.571. The lowest BCUT2D eigenvalue weighted by molar-refractivity contribution is -0.0113. The van der Waals surface area contributed by atoms with Crippen molar-refractivity contribution >= 4 is 0 Å². The van der Waals surface area contributed by atoms with Crippen molar-refractivity contribution in [1.82, 2.24) is 4.90 Å². The van der Waals surface area contributed by atoms with Gasteiger partial charge in [-0.2, -0.15) is 0 Å². The molecule has 0 spiro atoms. The van der Waals surface area contributed by atoms with Gasteiger partial charge in [0.05, 0.1) is 12.2 Å². The third kappa shape index (κ3) is 5.89. The molecule has 0 atom stereocenters. The van der Waals surface area contributed by atoms with E-state index in [4.69, 9.17) is 4.74 Å². The van der Waals surface area contributed by atoms with Gasteiger partial charge >= 0.3 is 0 Å². The number of ether oxygens (including phenoxy) is 1. The van der Waals surface area contributed by atoms with Crippen LogP contribution in [0, 0.1) is 0 Å². The van der Waals surface area contributed by atoms with Gasteiger partial charge in [-0.15, -0.1) is 0 Å². The van der Waals surface area contributed by atoms with E-state index in [1.807, 2.05) is 6.07 Å². The van der Waals surface area contributed by atoms with E-state index in [1.165, 1.54) is 5.56 Å². The molecule has 0 amide bonds. The number of hydrogen-bond donors (Lipinski definition) is 0. The molecule has 0 N–H and O–H groups in total. The monoisotopic (exact) mass is 221 g/mol. The second-order valence-corrected chi connectivity index (χ2v) is 5.18. The van der Waals surface area contributed by atoms with E-state index in [9.17, 15) is 0 Å². The number of benzene rings is 1. The molecule has 1 aromatic rings. The second-order valence-electron chi connectivity index (χ2n) is 5.18. The quantitative estimate of drug-likeness (QED) is 0.758. The summed E-state index contributed by atoms with van der Waals surface area (Å²) in [6.45, 7) is 8.99. The van der Waals surface area contributed by atoms with Crippen molar-refractivity contribution in [2.45, 2.75) is 32.9 Å². The molecule has 0 fully saturated rings. The molecule has 2 nitrogen and oxygen atoms in total. The molecule has 0 unspecified atom stereocenters. The lowest BCUT2D eigenvalue weighted by atomic mass is 10.2. The molecule has 0 radical (unpaired) electrons. The summed E-state index contributed by atoms with van der Waals surface area (Å²) in [5, 5.41) is 0. The third-order valence-corrected chi connectivity index (χ3v) is 2.30. The number of likely N-dealkylation sites (N-methyl/N-ethyl adjacent to an activating group) is 1. The Morgan fingerprint density at radius 2 is 1.75 bits per heavy atom. The molecular weight excluding hydrogens is 198 g/mol. The smallest absolute Gasteiger partial charge is 0.0600 e. The minimum Gasteiger partial charge on any atom is -0.375 e. The standard InChI is InChI=1S/C14H23NO/c1-14(2,3)16-11-10-15(4)12-13-8-6-5-7-9-13/h5-9H,10-12H2,1-4H3. The number of hydrogen-bond acceptors (Lipinski definition) is 2. The van der Waals surface area contributed by atoms with Gasteiger partial charge in [0, 0.05) is 13.1 Å². The molecule has 0 bridgehead atoms. The zero-order chi connectivity index (χ0) is 12.0. The van der Waals surface area contributed by atoms with Gasteiger partial charge in [0.1, 0.15) is 0 Å². The first-order valence-corrected chi connectivity index (χ1v) is 5.84. The Morgan fingerprint density at radius 3 is 2.31 bits per heavy atom. The molecule has 1 aromatic carbocycles. The molecule has 0 aliphatic carbocycles. The van der Waals surface area contributed by atoms with Gasteiger partial charge in [0.15, 0.2) is 0 Å². The summed E-state index contributed by atoms with van der Waals surface area (Å²) in [6.07, 6.45) is 0. The normalized spacial score (nSPS) is 12.1. The SMILES string of the molecule is CN(CCOC(C)(C)C)Cc1ccccc1. The van der Waals surface area contributed by atoms with E-state index >= 15 is 0 Å². The highest BCUT2D eigenvalue weighted by Gasteiger charge is 2.10. The van der Waals surface area contributed by atoms with Crippen molar-refractivity contribution in [1.29, 1.82) is 0 Å². The van der Waals surface area contributed by atoms with Crippen molar-refractivity contribution < 1.29 is 4.74 Å². The summed E-state index contributed by atoms with van der Waals surface area (Å²) >= 11 is 0. The van der Waals surface area contributed by atoms with Crippen LogP contribution in [0.5, 0.6) is 0 Å². The lowest BCUT2D eigenvalue weighted by Crippen LogP contribution is -2.28. The molecule has 0 saturated carbocycles. The van der Waals surface area contributed by atoms with Gasteiger partial charge in [-0.3, -0.25) is 4.90 Å². The molecular formula is C14H23NO. The Hall–Kier alpha value is -0.860. The highest BCUT2D eigenvalue weighted by molar-refractivity contribution is 5.14. The van der Waals surface area contributed by atoms with Crippen LogP contribution in [-0.4, -0.2) is 30.7 Å². The maximum atomic E-state index is 5.70. The zero-order valence-corrected chi connectivity index (χ0v) is 10.9. The van der Waals surface area contributed by atoms with Crippen molar-refractivity contribution in [3.05, 3.63) is 35.9 Å². The minimum atomic E-state index is -0.0341. The molecule has 90 valence electrons. The summed E-state index contributed by atoms with van der Waals surface area (Å²) in [5.41, 5.74) is 1.31. The van der Waals surface area contributed by atoms with Gasteiger partial charge in [0.2, 0.25) is 0 Å². The second kappa shape index (κ2) is 6.02. The van der Waals surface area contributed by atoms with Gasteiger partial charge in [-0.25, -0.2) is 0 Å². The van der Waals surface area contributed by atoms with Crippen LogP contribution in [0.4, 0.5) is 0 Å². The third-order valence-electron chi connectivity index (χ3n) is 2.30. The van der Waals surface area contributed by atoms with Crippen LogP contribution in [0.3, 0.4) is 0 Å². The predicted octanol–water partition coefficient (Wildman–Crippen LogP) is 2.93. The lowest BCUT2D eigenvalue weighted by Gasteiger charge is -2.22. The van der Waals surface area contributed by atoms with Crippen LogP contribution in [0.25, 0.3) is 0 Å². The van der Waals surface area contributed by atoms with Crippen LogP contribution in [0.1, 0.15) is 26.3 Å². The summed E-state index contributed by atoms with van der Waals surface area (Å²) in [7, 11) is 2.12. The van der Waals surface area contributed by atoms with E-state index < -0.39 is 0 Å². The molecule has 0 aromatic heterocycles. The highest BCUT2D eigenvalue weighted by Crippen LogP contribution is 2.07. The maximum absolute atomic E-state index is 5.70. The van der Waals surface area contributed by atoms with E-state index in [1.54, 1.807) is 0 Å². The van der Waals surface area contributed by atoms with Crippen molar-refractivity contribution in [2.75, 3.05) is 20.2 Å². The Balaban J connectivity index is 2.24. The Morgan fingerprint density at radius 1 is 1.12 bits per heavy atom. The highest BCUT2D eigenvalue weighted by atomic mass is 16.5. The predicted molar refractivity (Wildman–Crippen MR) is 68.5 cm³/mol. The average molecular weight is 221 g/mol. The molecule has 0 saturated heterocycles. The van der Waals surface area contributed by atoms with Crippen LogP contribution in [0.2, 0.25) is 0 Å². The van der Waals surface area contributed by atoms with Crippen LogP contribution in [-0.2, 0) is 11.3 Å². The average Bonchev–Trinajstić information content (AvgIpc) is 2.17. The maximum Gasteiger partial charge on any atom is 0.0600 e. The van der Waals surface area contributed by atoms with Crippen molar-refractivity contribution in [3.8, 4) is 0 Å². The number of nitrogens with zero attached hydrogens (tertiary/aromatic N) is 1. The van der Waals surface area contributed by atoms with Gasteiger partial charge < -0.3 is 4.74 Å². The van der Waals surface area contributed by atoms with E-state index in [-0.39, 0.29) is 5.60 Å². The van der Waals surface area contributed by atoms with Gasteiger partial charge in [-0.05, 0) is 33.4 Å². The molecule has 16 heavy (non-hydrogen) atoms. The molecule has 0 aliphatic heterocycles. The zero-order valence-electron chi connectivity index (χ0n) is 10.9. The van der Waals surface area contributed by atoms with Gasteiger partial charge in [0.25, 0.3) is 0 Å². The molecule has 2 heteroatoms. The van der Waals surface area contributed by atoms with Crippen LogP contribution >= 0.6 is 0 Å². The van der Waals surface area contributed by atoms with E-state index in [0.717, 1.165) is 19.7 Å². The molecule has 0 aliphatic rings. The summed E-state index contributed by atoms with van der Waals surface area (Å²) < 4.78 is 5.70. The Bertz CT molecular complexity index is 289. The Labute approximate surface area is 99.2 Å². The topological polar surface area (TPSA) is 12.5 Å². The minimum absolute atomic E-state index is 0.0341. The summed E-state index contributed by atoms with van der Waals surface area (Å²) in [5.74, 6) is 0. The van der Waals surface area contributed by atoms with Crippen LogP contribution in [0.15, 0.2) is 30.3 Å². The van der Waals surface area contributed by atoms with Crippen molar-refractivity contribution in [3.63, 3.8) is 0 Å². The first kappa shape index (κ1) is 13.2. The first-order valence-electron chi connectivity index (χ1n) is 5.84. The molecule has 0 heterocycles. The first-order chi connectivity index (χ1) is 7.47. The Kier molecular flexibility index (Phi) is 4.97. The largest absolute Gasteiger partial charge is 0.375 e. The molecule has 1 rings (SSSR count).